The van der Waals surface area contributed by atoms with Crippen molar-refractivity contribution in [3.63, 3.8) is 0 Å². The van der Waals surface area contributed by atoms with E-state index in [0.717, 1.165) is 10.9 Å². The summed E-state index contributed by atoms with van der Waals surface area (Å²) in [4.78, 5) is 42.0. The van der Waals surface area contributed by atoms with Crippen LogP contribution in [0.5, 0.6) is 0 Å². The summed E-state index contributed by atoms with van der Waals surface area (Å²) in [5.41, 5.74) is 3.68. The van der Waals surface area contributed by atoms with Gasteiger partial charge in [-0.1, -0.05) is 57.0 Å². The van der Waals surface area contributed by atoms with Gasteiger partial charge in [0.05, 0.1) is 11.7 Å². The summed E-state index contributed by atoms with van der Waals surface area (Å²) >= 11 is 0. The lowest BCUT2D eigenvalue weighted by atomic mass is 9.84. The minimum Gasteiger partial charge on any atom is -0.479 e. The van der Waals surface area contributed by atoms with Gasteiger partial charge in [-0.25, -0.2) is 4.79 Å². The molecule has 5 rings (SSSR count). The summed E-state index contributed by atoms with van der Waals surface area (Å²) in [5, 5.41) is 18.5. The van der Waals surface area contributed by atoms with E-state index in [4.69, 9.17) is 0 Å². The third-order valence-electron chi connectivity index (χ3n) is 8.03. The lowest BCUT2D eigenvalue weighted by Gasteiger charge is -2.46. The molecule has 8 nitrogen and oxygen atoms in total. The molecule has 1 saturated heterocycles. The van der Waals surface area contributed by atoms with E-state index in [9.17, 15) is 19.5 Å². The van der Waals surface area contributed by atoms with Crippen molar-refractivity contribution in [2.24, 2.45) is 18.9 Å². The first kappa shape index (κ1) is 24.0. The van der Waals surface area contributed by atoms with Crippen molar-refractivity contribution in [1.82, 2.24) is 20.0 Å². The second-order valence-corrected chi connectivity index (χ2v) is 10.0. The Balaban J connectivity index is 1.57. The predicted molar refractivity (Wildman–Crippen MR) is 135 cm³/mol. The van der Waals surface area contributed by atoms with Crippen LogP contribution in [0.1, 0.15) is 49.4 Å². The molecule has 1 aliphatic heterocycles. The fourth-order valence-corrected chi connectivity index (χ4v) is 6.11. The maximum atomic E-state index is 14.2. The number of carbonyl (C=O) groups excluding carboxylic acids is 2. The van der Waals surface area contributed by atoms with Gasteiger partial charge < -0.3 is 15.3 Å². The van der Waals surface area contributed by atoms with E-state index >= 15 is 0 Å². The zero-order valence-electron chi connectivity index (χ0n) is 20.8. The van der Waals surface area contributed by atoms with Crippen LogP contribution < -0.4 is 5.32 Å². The van der Waals surface area contributed by atoms with Crippen LogP contribution in [0.2, 0.25) is 0 Å². The molecule has 1 unspecified atom stereocenters. The average Bonchev–Trinajstić information content (AvgIpc) is 3.46. The number of carboxylic acid groups (broad SMARTS) is 1. The molecule has 2 N–H and O–H groups in total. The highest BCUT2D eigenvalue weighted by Gasteiger charge is 2.51. The van der Waals surface area contributed by atoms with E-state index in [2.05, 4.69) is 22.5 Å². The molecule has 0 saturated carbocycles. The first-order valence-corrected chi connectivity index (χ1v) is 12.7. The molecule has 8 heteroatoms. The number of hydrogen-bond acceptors (Lipinski definition) is 4. The number of aryl methyl sites for hydroxylation is 1. The van der Waals surface area contributed by atoms with Crippen LogP contribution in [0, 0.1) is 11.8 Å². The number of nitrogens with zero attached hydrogens (tertiary/aromatic N) is 3. The molecule has 2 aromatic carbocycles. The Bertz CT molecular complexity index is 1300. The number of benzene rings is 2. The fourth-order valence-electron chi connectivity index (χ4n) is 6.11. The zero-order valence-corrected chi connectivity index (χ0v) is 20.8. The van der Waals surface area contributed by atoms with E-state index in [1.807, 2.05) is 39.1 Å². The number of rotatable bonds is 7. The number of hydrogen-bond donors (Lipinski definition) is 2. The van der Waals surface area contributed by atoms with E-state index in [1.54, 1.807) is 23.0 Å². The summed E-state index contributed by atoms with van der Waals surface area (Å²) in [6.07, 6.45) is 4.35. The van der Waals surface area contributed by atoms with Gasteiger partial charge in [0.1, 0.15) is 12.1 Å². The molecular formula is C28H32N4O4. The van der Waals surface area contributed by atoms with Crippen LogP contribution in [0.3, 0.4) is 0 Å². The molecule has 2 amide bonds. The van der Waals surface area contributed by atoms with Gasteiger partial charge in [0.2, 0.25) is 11.8 Å². The van der Waals surface area contributed by atoms with Gasteiger partial charge in [-0.15, -0.1) is 0 Å². The predicted octanol–water partition coefficient (Wildman–Crippen LogP) is 3.25. The molecule has 1 aromatic heterocycles. The molecule has 0 spiro atoms. The van der Waals surface area contributed by atoms with Gasteiger partial charge in [-0.3, -0.25) is 14.3 Å². The van der Waals surface area contributed by atoms with Gasteiger partial charge >= 0.3 is 5.97 Å². The molecule has 3 aromatic rings. The fraction of sp³-hybridized carbons (Fsp3) is 0.429. The largest absolute Gasteiger partial charge is 0.479 e. The Labute approximate surface area is 210 Å². The molecule has 0 bridgehead atoms. The Hall–Kier alpha value is -3.68. The monoisotopic (exact) mass is 488 g/mol. The van der Waals surface area contributed by atoms with Crippen LogP contribution in [0.25, 0.3) is 10.9 Å². The first-order valence-electron chi connectivity index (χ1n) is 12.7. The van der Waals surface area contributed by atoms with E-state index < -0.39 is 24.1 Å². The number of carbonyl (C=O) groups is 3. The van der Waals surface area contributed by atoms with Crippen LogP contribution in [0.15, 0.2) is 48.7 Å². The Kier molecular flexibility index (Phi) is 6.28. The zero-order chi connectivity index (χ0) is 25.6. The molecule has 0 radical (unpaired) electrons. The number of piperazine rings is 1. The third-order valence-corrected chi connectivity index (χ3v) is 8.03. The van der Waals surface area contributed by atoms with E-state index in [0.29, 0.717) is 31.2 Å². The SMILES string of the molecule is CCC(CC)[C@@H]1C(=O)N[C@H](C2Cc3ccccc3C2)C(=O)N1C(C(=O)O)c1ccc2c(cnn2C)c1. The quantitative estimate of drug-likeness (QED) is 0.531. The van der Waals surface area contributed by atoms with E-state index in [1.165, 1.54) is 16.0 Å². The standard InChI is InChI=1S/C28H32N4O4/c1-4-16(5-2)24-26(33)30-23(20-12-17-8-6-7-9-18(17)13-20)27(34)32(24)25(28(35)36)19-10-11-22-21(14-19)15-29-31(22)3/h6-11,14-16,20,23-25H,4-5,12-13H2,1-3H3,(H,30,33)(H,35,36)/t23-,24-,25?/m1/s1. The van der Waals surface area contributed by atoms with Gasteiger partial charge in [0.15, 0.2) is 6.04 Å². The number of aromatic nitrogens is 2. The summed E-state index contributed by atoms with van der Waals surface area (Å²) in [7, 11) is 1.82. The van der Waals surface area contributed by atoms with E-state index in [-0.39, 0.29) is 23.7 Å². The topological polar surface area (TPSA) is 105 Å². The van der Waals surface area contributed by atoms with Crippen molar-refractivity contribution >= 4 is 28.7 Å². The van der Waals surface area contributed by atoms with Crippen molar-refractivity contribution in [1.29, 1.82) is 0 Å². The van der Waals surface area contributed by atoms with Crippen LogP contribution in [-0.2, 0) is 34.3 Å². The maximum absolute atomic E-state index is 14.2. The highest BCUT2D eigenvalue weighted by Crippen LogP contribution is 2.37. The number of carboxylic acids is 1. The Morgan fingerprint density at radius 1 is 1.11 bits per heavy atom. The molecule has 36 heavy (non-hydrogen) atoms. The van der Waals surface area contributed by atoms with Crippen molar-refractivity contribution in [3.05, 3.63) is 65.4 Å². The maximum Gasteiger partial charge on any atom is 0.331 e. The van der Waals surface area contributed by atoms with Crippen molar-refractivity contribution < 1.29 is 19.5 Å². The summed E-state index contributed by atoms with van der Waals surface area (Å²) in [5.74, 6) is -1.99. The lowest BCUT2D eigenvalue weighted by Crippen LogP contribution is -2.68. The molecule has 2 aliphatic rings. The Morgan fingerprint density at radius 2 is 1.78 bits per heavy atom. The molecule has 2 heterocycles. The minimum absolute atomic E-state index is 0.112. The van der Waals surface area contributed by atoms with Crippen LogP contribution in [-0.4, -0.2) is 49.7 Å². The molecule has 188 valence electrons. The number of amides is 2. The van der Waals surface area contributed by atoms with Crippen LogP contribution in [0.4, 0.5) is 0 Å². The highest BCUT2D eigenvalue weighted by molar-refractivity contribution is 6.00. The number of nitrogens with one attached hydrogen (secondary N) is 1. The third kappa shape index (κ3) is 3.94. The number of aliphatic carboxylic acids is 1. The van der Waals surface area contributed by atoms with Gasteiger partial charge in [0.25, 0.3) is 0 Å². The van der Waals surface area contributed by atoms with Crippen molar-refractivity contribution in [2.75, 3.05) is 0 Å². The van der Waals surface area contributed by atoms with Gasteiger partial charge in [0, 0.05) is 12.4 Å². The van der Waals surface area contributed by atoms with Crippen molar-refractivity contribution in [3.8, 4) is 0 Å². The lowest BCUT2D eigenvalue weighted by molar-refractivity contribution is -0.164. The molecule has 1 aliphatic carbocycles. The second kappa shape index (κ2) is 9.41. The van der Waals surface area contributed by atoms with Crippen molar-refractivity contribution in [2.45, 2.75) is 57.7 Å². The number of fused-ring (bicyclic) bond motifs is 2. The summed E-state index contributed by atoms with van der Waals surface area (Å²) in [6.45, 7) is 3.95. The average molecular weight is 489 g/mol. The second-order valence-electron chi connectivity index (χ2n) is 10.0. The highest BCUT2D eigenvalue weighted by atomic mass is 16.4. The molecule has 1 fully saturated rings. The van der Waals surface area contributed by atoms with Gasteiger partial charge in [-0.05, 0) is 53.5 Å². The van der Waals surface area contributed by atoms with Gasteiger partial charge in [-0.2, -0.15) is 5.10 Å². The first-order chi connectivity index (χ1) is 17.3. The molecule has 3 atom stereocenters. The molecular weight excluding hydrogens is 456 g/mol. The summed E-state index contributed by atoms with van der Waals surface area (Å²) in [6, 6.07) is 10.5. The Morgan fingerprint density at radius 3 is 2.39 bits per heavy atom. The normalized spacial score (nSPS) is 21.2. The van der Waals surface area contributed by atoms with Crippen LogP contribution >= 0.6 is 0 Å². The smallest absolute Gasteiger partial charge is 0.331 e. The minimum atomic E-state index is -1.27. The summed E-state index contributed by atoms with van der Waals surface area (Å²) < 4.78 is 1.72.